The van der Waals surface area contributed by atoms with Crippen LogP contribution in [0.1, 0.15) is 31.4 Å². The van der Waals surface area contributed by atoms with Crippen LogP contribution in [0.4, 0.5) is 11.6 Å². The van der Waals surface area contributed by atoms with Crippen molar-refractivity contribution in [2.45, 2.75) is 20.3 Å². The summed E-state index contributed by atoms with van der Waals surface area (Å²) in [7, 11) is 0. The summed E-state index contributed by atoms with van der Waals surface area (Å²) in [4.78, 5) is 9.21. The lowest BCUT2D eigenvalue weighted by Crippen LogP contribution is -2.04. The van der Waals surface area contributed by atoms with E-state index in [2.05, 4.69) is 27.4 Å². The first kappa shape index (κ1) is 23.3. The molecule has 0 radical (unpaired) electrons. The minimum atomic E-state index is 0.304. The Labute approximate surface area is 203 Å². The van der Waals surface area contributed by atoms with E-state index in [0.717, 1.165) is 12.1 Å². The maximum Gasteiger partial charge on any atom is 0.232 e. The Morgan fingerprint density at radius 1 is 0.857 bits per heavy atom. The molecule has 0 amide bonds. The van der Waals surface area contributed by atoms with Crippen LogP contribution in [0.15, 0.2) is 60.7 Å². The third-order valence-corrected chi connectivity index (χ3v) is 4.95. The lowest BCUT2D eigenvalue weighted by Gasteiger charge is -2.17. The van der Waals surface area contributed by atoms with Crippen molar-refractivity contribution in [1.82, 2.24) is 9.97 Å². The number of benzene rings is 3. The molecule has 8 nitrogen and oxygen atoms in total. The SMILES string of the molecule is CCCOc1cc(C#N)cc(OCC)c1Oc1nc(Nc2ccc(C#N)cc2)nc2ccccc12. The van der Waals surface area contributed by atoms with Gasteiger partial charge >= 0.3 is 0 Å². The van der Waals surface area contributed by atoms with Gasteiger partial charge in [0.15, 0.2) is 11.5 Å². The van der Waals surface area contributed by atoms with Gasteiger partial charge in [-0.1, -0.05) is 19.1 Å². The maximum absolute atomic E-state index is 9.46. The van der Waals surface area contributed by atoms with Gasteiger partial charge in [0.25, 0.3) is 0 Å². The van der Waals surface area contributed by atoms with E-state index in [1.54, 1.807) is 36.4 Å². The molecule has 0 aliphatic carbocycles. The van der Waals surface area contributed by atoms with Crippen LogP contribution in [-0.2, 0) is 0 Å². The topological polar surface area (TPSA) is 113 Å². The van der Waals surface area contributed by atoms with E-state index < -0.39 is 0 Å². The summed E-state index contributed by atoms with van der Waals surface area (Å²) < 4.78 is 18.0. The van der Waals surface area contributed by atoms with Crippen LogP contribution in [0.3, 0.4) is 0 Å². The van der Waals surface area contributed by atoms with E-state index in [4.69, 9.17) is 19.5 Å². The zero-order valence-corrected chi connectivity index (χ0v) is 19.4. The lowest BCUT2D eigenvalue weighted by atomic mass is 10.2. The summed E-state index contributed by atoms with van der Waals surface area (Å²) in [5.74, 6) is 1.76. The van der Waals surface area contributed by atoms with Gasteiger partial charge in [-0.2, -0.15) is 15.5 Å². The highest BCUT2D eigenvalue weighted by Gasteiger charge is 2.19. The number of para-hydroxylation sites is 1. The Bertz CT molecular complexity index is 1420. The first-order chi connectivity index (χ1) is 17.1. The van der Waals surface area contributed by atoms with E-state index >= 15 is 0 Å². The monoisotopic (exact) mass is 465 g/mol. The number of anilines is 2. The smallest absolute Gasteiger partial charge is 0.232 e. The summed E-state index contributed by atoms with van der Waals surface area (Å²) in [5.41, 5.74) is 2.37. The second-order valence-electron chi connectivity index (χ2n) is 7.48. The standard InChI is InChI=1S/C27H23N5O3/c1-3-13-34-24-15-19(17-29)14-23(33-4-2)25(24)35-26-21-7-5-6-8-22(21)31-27(32-26)30-20-11-9-18(16-28)10-12-20/h5-12,14-15H,3-4,13H2,1-2H3,(H,30,31,32). The van der Waals surface area contributed by atoms with Crippen LogP contribution in [0.25, 0.3) is 10.9 Å². The third-order valence-electron chi connectivity index (χ3n) is 4.95. The first-order valence-corrected chi connectivity index (χ1v) is 11.2. The predicted octanol–water partition coefficient (Wildman–Crippen LogP) is 6.10. The molecule has 0 unspecified atom stereocenters. The van der Waals surface area contributed by atoms with Crippen molar-refractivity contribution in [1.29, 1.82) is 10.5 Å². The fraction of sp³-hybridized carbons (Fsp3) is 0.185. The predicted molar refractivity (Wildman–Crippen MR) is 132 cm³/mol. The van der Waals surface area contributed by atoms with Crippen molar-refractivity contribution in [3.8, 4) is 35.3 Å². The van der Waals surface area contributed by atoms with Gasteiger partial charge in [0.2, 0.25) is 17.6 Å². The van der Waals surface area contributed by atoms with Gasteiger partial charge in [-0.3, -0.25) is 0 Å². The van der Waals surface area contributed by atoms with Gasteiger partial charge in [0.1, 0.15) is 0 Å². The molecule has 0 aliphatic heterocycles. The summed E-state index contributed by atoms with van der Waals surface area (Å²) in [6.07, 6.45) is 0.787. The van der Waals surface area contributed by atoms with Crippen LogP contribution >= 0.6 is 0 Å². The second-order valence-corrected chi connectivity index (χ2v) is 7.48. The zero-order chi connectivity index (χ0) is 24.6. The van der Waals surface area contributed by atoms with E-state index in [0.29, 0.717) is 64.3 Å². The van der Waals surface area contributed by atoms with Gasteiger partial charge in [0.05, 0.1) is 47.4 Å². The van der Waals surface area contributed by atoms with E-state index in [-0.39, 0.29) is 0 Å². The van der Waals surface area contributed by atoms with Crippen molar-refractivity contribution in [2.24, 2.45) is 0 Å². The van der Waals surface area contributed by atoms with Crippen molar-refractivity contribution in [3.63, 3.8) is 0 Å². The number of rotatable bonds is 9. The highest BCUT2D eigenvalue weighted by atomic mass is 16.5. The van der Waals surface area contributed by atoms with E-state index in [1.165, 1.54) is 0 Å². The molecule has 174 valence electrons. The molecule has 0 atom stereocenters. The minimum absolute atomic E-state index is 0.304. The fourth-order valence-corrected chi connectivity index (χ4v) is 3.36. The summed E-state index contributed by atoms with van der Waals surface area (Å²) >= 11 is 0. The quantitative estimate of drug-likeness (QED) is 0.316. The van der Waals surface area contributed by atoms with Gasteiger partial charge in [-0.05, 0) is 49.7 Å². The lowest BCUT2D eigenvalue weighted by molar-refractivity contribution is 0.283. The molecule has 0 fully saturated rings. The second kappa shape index (κ2) is 10.9. The molecule has 0 bridgehead atoms. The molecule has 4 rings (SSSR count). The number of fused-ring (bicyclic) bond motifs is 1. The molecule has 8 heteroatoms. The molecule has 0 saturated heterocycles. The van der Waals surface area contributed by atoms with Crippen LogP contribution in [-0.4, -0.2) is 23.2 Å². The number of nitriles is 2. The van der Waals surface area contributed by atoms with Crippen LogP contribution in [0.2, 0.25) is 0 Å². The van der Waals surface area contributed by atoms with Gasteiger partial charge in [0, 0.05) is 17.8 Å². The van der Waals surface area contributed by atoms with Crippen molar-refractivity contribution in [2.75, 3.05) is 18.5 Å². The molecule has 35 heavy (non-hydrogen) atoms. The normalized spacial score (nSPS) is 10.3. The van der Waals surface area contributed by atoms with Crippen molar-refractivity contribution >= 4 is 22.5 Å². The van der Waals surface area contributed by atoms with E-state index in [9.17, 15) is 5.26 Å². The maximum atomic E-state index is 9.46. The fourth-order valence-electron chi connectivity index (χ4n) is 3.36. The highest BCUT2D eigenvalue weighted by molar-refractivity contribution is 5.85. The van der Waals surface area contributed by atoms with Crippen LogP contribution < -0.4 is 19.5 Å². The molecule has 0 spiro atoms. The summed E-state index contributed by atoms with van der Waals surface area (Å²) in [6, 6.07) is 22.0. The van der Waals surface area contributed by atoms with Crippen LogP contribution in [0, 0.1) is 22.7 Å². The molecular formula is C27H23N5O3. The summed E-state index contributed by atoms with van der Waals surface area (Å²) in [5, 5.41) is 22.4. The first-order valence-electron chi connectivity index (χ1n) is 11.2. The van der Waals surface area contributed by atoms with Gasteiger partial charge in [-0.15, -0.1) is 0 Å². The van der Waals surface area contributed by atoms with Crippen LogP contribution in [0.5, 0.6) is 23.1 Å². The molecule has 0 aliphatic rings. The third kappa shape index (κ3) is 5.40. The van der Waals surface area contributed by atoms with Crippen molar-refractivity contribution in [3.05, 3.63) is 71.8 Å². The largest absolute Gasteiger partial charge is 0.490 e. The molecule has 1 aromatic heterocycles. The Kier molecular flexibility index (Phi) is 7.25. The van der Waals surface area contributed by atoms with Gasteiger partial charge < -0.3 is 19.5 Å². The molecule has 4 aromatic rings. The average molecular weight is 466 g/mol. The van der Waals surface area contributed by atoms with Gasteiger partial charge in [-0.25, -0.2) is 4.98 Å². The Balaban J connectivity index is 1.79. The molecule has 1 heterocycles. The molecule has 1 N–H and O–H groups in total. The Morgan fingerprint density at radius 2 is 1.57 bits per heavy atom. The average Bonchev–Trinajstić information content (AvgIpc) is 2.89. The number of hydrogen-bond donors (Lipinski definition) is 1. The number of nitrogens with zero attached hydrogens (tertiary/aromatic N) is 4. The summed E-state index contributed by atoms with van der Waals surface area (Å²) in [6.45, 7) is 4.69. The Hall–Kier alpha value is -4.82. The number of nitrogens with one attached hydrogen (secondary N) is 1. The Morgan fingerprint density at radius 3 is 2.26 bits per heavy atom. The van der Waals surface area contributed by atoms with Crippen molar-refractivity contribution < 1.29 is 14.2 Å². The zero-order valence-electron chi connectivity index (χ0n) is 19.4. The molecule has 3 aromatic carbocycles. The minimum Gasteiger partial charge on any atom is -0.490 e. The molecular weight excluding hydrogens is 442 g/mol. The highest BCUT2D eigenvalue weighted by Crippen LogP contribution is 2.43. The number of hydrogen-bond acceptors (Lipinski definition) is 8. The number of ether oxygens (including phenoxy) is 3. The number of aromatic nitrogens is 2. The molecule has 0 saturated carbocycles. The van der Waals surface area contributed by atoms with E-state index in [1.807, 2.05) is 38.1 Å².